The van der Waals surface area contributed by atoms with Crippen LogP contribution in [0.25, 0.3) is 0 Å². The van der Waals surface area contributed by atoms with Gasteiger partial charge in [0.15, 0.2) is 0 Å². The minimum atomic E-state index is -0.836. The Bertz CT molecular complexity index is 573. The third-order valence-electron chi connectivity index (χ3n) is 4.58. The van der Waals surface area contributed by atoms with Crippen LogP contribution in [-0.2, 0) is 11.3 Å². The molecule has 0 saturated carbocycles. The first-order chi connectivity index (χ1) is 9.92. The number of hydrogen-bond acceptors (Lipinski definition) is 4. The summed E-state index contributed by atoms with van der Waals surface area (Å²) in [7, 11) is 0. The first-order valence-electron chi connectivity index (χ1n) is 7.13. The summed E-state index contributed by atoms with van der Waals surface area (Å²) in [5, 5.41) is 20.6. The Morgan fingerprint density at radius 2 is 2.24 bits per heavy atom. The Labute approximate surface area is 123 Å². The summed E-state index contributed by atoms with van der Waals surface area (Å²) in [5.74, 6) is -0.800. The zero-order valence-corrected chi connectivity index (χ0v) is 12.3. The van der Waals surface area contributed by atoms with Crippen molar-refractivity contribution in [2.75, 3.05) is 6.54 Å². The van der Waals surface area contributed by atoms with Gasteiger partial charge in [0.05, 0.1) is 4.92 Å². The van der Waals surface area contributed by atoms with Crippen molar-refractivity contribution in [1.29, 1.82) is 0 Å². The molecule has 0 amide bonds. The first kappa shape index (κ1) is 15.4. The maximum Gasteiger partial charge on any atom is 0.324 e. The van der Waals surface area contributed by atoms with E-state index < -0.39 is 16.4 Å². The maximum atomic E-state index is 11.7. The predicted molar refractivity (Wildman–Crippen MR) is 78.1 cm³/mol. The molecular formula is C15H20N2O4. The van der Waals surface area contributed by atoms with Crippen LogP contribution < -0.4 is 0 Å². The molecule has 6 heteroatoms. The first-order valence-corrected chi connectivity index (χ1v) is 7.13. The second kappa shape index (κ2) is 5.81. The summed E-state index contributed by atoms with van der Waals surface area (Å²) in [5.41, 5.74) is 0.691. The number of nitro groups is 1. The standard InChI is InChI=1S/C15H20N2O4/c1-3-15(14(18)19)8-5-9-16(15)10-12-6-4-7-13(11(12)2)17(20)21/h4,6-7H,3,5,8-10H2,1-2H3,(H,18,19). The molecule has 21 heavy (non-hydrogen) atoms. The van der Waals surface area contributed by atoms with E-state index in [-0.39, 0.29) is 5.69 Å². The molecule has 1 heterocycles. The van der Waals surface area contributed by atoms with E-state index in [4.69, 9.17) is 0 Å². The van der Waals surface area contributed by atoms with E-state index in [9.17, 15) is 20.0 Å². The van der Waals surface area contributed by atoms with Gasteiger partial charge in [-0.05, 0) is 38.3 Å². The number of nitro benzene ring substituents is 1. The summed E-state index contributed by atoms with van der Waals surface area (Å²) < 4.78 is 0. The van der Waals surface area contributed by atoms with E-state index in [2.05, 4.69) is 0 Å². The molecule has 1 unspecified atom stereocenters. The number of hydrogen-bond donors (Lipinski definition) is 1. The minimum absolute atomic E-state index is 0.0871. The number of carboxylic acids is 1. The van der Waals surface area contributed by atoms with Crippen LogP contribution >= 0.6 is 0 Å². The summed E-state index contributed by atoms with van der Waals surface area (Å²) >= 11 is 0. The van der Waals surface area contributed by atoms with Gasteiger partial charge in [-0.1, -0.05) is 19.1 Å². The molecule has 6 nitrogen and oxygen atoms in total. The fourth-order valence-electron chi connectivity index (χ4n) is 3.20. The molecule has 1 N–H and O–H groups in total. The van der Waals surface area contributed by atoms with Crippen LogP contribution in [0, 0.1) is 17.0 Å². The van der Waals surface area contributed by atoms with Gasteiger partial charge in [0.1, 0.15) is 5.54 Å². The van der Waals surface area contributed by atoms with Gasteiger partial charge in [0.25, 0.3) is 5.69 Å². The molecule has 0 aromatic heterocycles. The second-order valence-electron chi connectivity index (χ2n) is 5.53. The quantitative estimate of drug-likeness (QED) is 0.666. The highest BCUT2D eigenvalue weighted by Gasteiger charge is 2.46. The highest BCUT2D eigenvalue weighted by atomic mass is 16.6. The lowest BCUT2D eigenvalue weighted by molar-refractivity contribution is -0.385. The van der Waals surface area contributed by atoms with Gasteiger partial charge in [-0.15, -0.1) is 0 Å². The van der Waals surface area contributed by atoms with E-state index in [0.29, 0.717) is 31.5 Å². The van der Waals surface area contributed by atoms with Crippen LogP contribution in [0.2, 0.25) is 0 Å². The number of carboxylic acid groups (broad SMARTS) is 1. The number of benzene rings is 1. The average Bonchev–Trinajstić information content (AvgIpc) is 2.84. The van der Waals surface area contributed by atoms with Crippen LogP contribution in [0.1, 0.15) is 37.3 Å². The van der Waals surface area contributed by atoms with E-state index >= 15 is 0 Å². The van der Waals surface area contributed by atoms with Gasteiger partial charge in [-0.25, -0.2) is 0 Å². The Kier molecular flexibility index (Phi) is 4.27. The van der Waals surface area contributed by atoms with Gasteiger partial charge in [-0.2, -0.15) is 0 Å². The molecule has 1 atom stereocenters. The molecule has 1 aromatic carbocycles. The Hall–Kier alpha value is -1.95. The van der Waals surface area contributed by atoms with Crippen molar-refractivity contribution in [1.82, 2.24) is 4.90 Å². The van der Waals surface area contributed by atoms with Crippen LogP contribution in [0.4, 0.5) is 5.69 Å². The largest absolute Gasteiger partial charge is 0.480 e. The molecule has 1 aliphatic rings. The topological polar surface area (TPSA) is 83.7 Å². The SMILES string of the molecule is CCC1(C(=O)O)CCCN1Cc1cccc([N+](=O)[O-])c1C. The van der Waals surface area contributed by atoms with Gasteiger partial charge in [0.2, 0.25) is 0 Å². The van der Waals surface area contributed by atoms with Crippen molar-refractivity contribution < 1.29 is 14.8 Å². The third-order valence-corrected chi connectivity index (χ3v) is 4.58. The Balaban J connectivity index is 2.32. The van der Waals surface area contributed by atoms with Crippen molar-refractivity contribution in [3.05, 3.63) is 39.4 Å². The summed E-state index contributed by atoms with van der Waals surface area (Å²) in [6.45, 7) is 4.75. The normalized spacial score (nSPS) is 22.4. The second-order valence-corrected chi connectivity index (χ2v) is 5.53. The molecule has 0 bridgehead atoms. The van der Waals surface area contributed by atoms with Crippen molar-refractivity contribution in [3.63, 3.8) is 0 Å². The smallest absolute Gasteiger partial charge is 0.324 e. The van der Waals surface area contributed by atoms with Crippen LogP contribution in [0.15, 0.2) is 18.2 Å². The molecule has 1 fully saturated rings. The average molecular weight is 292 g/mol. The summed E-state index contributed by atoms with van der Waals surface area (Å²) in [6, 6.07) is 4.97. The molecule has 1 aromatic rings. The lowest BCUT2D eigenvalue weighted by Crippen LogP contribution is -2.49. The van der Waals surface area contributed by atoms with Gasteiger partial charge < -0.3 is 5.11 Å². The van der Waals surface area contributed by atoms with Crippen molar-refractivity contribution in [2.24, 2.45) is 0 Å². The maximum absolute atomic E-state index is 11.7. The Morgan fingerprint density at radius 1 is 1.52 bits per heavy atom. The van der Waals surface area contributed by atoms with E-state index in [1.807, 2.05) is 17.9 Å². The van der Waals surface area contributed by atoms with Gasteiger partial charge in [0, 0.05) is 18.2 Å². The monoisotopic (exact) mass is 292 g/mol. The molecule has 0 spiro atoms. The number of likely N-dealkylation sites (tertiary alicyclic amines) is 1. The van der Waals surface area contributed by atoms with E-state index in [0.717, 1.165) is 12.0 Å². The highest BCUT2D eigenvalue weighted by Crippen LogP contribution is 2.35. The lowest BCUT2D eigenvalue weighted by atomic mass is 9.92. The number of carbonyl (C=O) groups is 1. The third kappa shape index (κ3) is 2.63. The Morgan fingerprint density at radius 3 is 2.81 bits per heavy atom. The van der Waals surface area contributed by atoms with Crippen LogP contribution in [0.3, 0.4) is 0 Å². The minimum Gasteiger partial charge on any atom is -0.480 e. The summed E-state index contributed by atoms with van der Waals surface area (Å²) in [6.07, 6.45) is 2.01. The van der Waals surface area contributed by atoms with Crippen molar-refractivity contribution in [3.8, 4) is 0 Å². The predicted octanol–water partition coefficient (Wildman–Crippen LogP) is 2.73. The fourth-order valence-corrected chi connectivity index (χ4v) is 3.20. The molecule has 1 aliphatic heterocycles. The zero-order valence-electron chi connectivity index (χ0n) is 12.3. The van der Waals surface area contributed by atoms with Crippen LogP contribution in [0.5, 0.6) is 0 Å². The zero-order chi connectivity index (χ0) is 15.6. The molecule has 2 rings (SSSR count). The van der Waals surface area contributed by atoms with Gasteiger partial charge in [-0.3, -0.25) is 19.8 Å². The molecule has 1 saturated heterocycles. The van der Waals surface area contributed by atoms with Crippen molar-refractivity contribution in [2.45, 2.75) is 45.2 Å². The van der Waals surface area contributed by atoms with E-state index in [1.165, 1.54) is 6.07 Å². The molecule has 0 aliphatic carbocycles. The highest BCUT2D eigenvalue weighted by molar-refractivity contribution is 5.79. The van der Waals surface area contributed by atoms with E-state index in [1.54, 1.807) is 13.0 Å². The lowest BCUT2D eigenvalue weighted by Gasteiger charge is -2.34. The number of nitrogens with zero attached hydrogens (tertiary/aromatic N) is 2. The molecule has 0 radical (unpaired) electrons. The number of rotatable bonds is 5. The molecular weight excluding hydrogens is 272 g/mol. The molecule has 114 valence electrons. The van der Waals surface area contributed by atoms with Crippen LogP contribution in [-0.4, -0.2) is 33.0 Å². The number of aliphatic carboxylic acids is 1. The van der Waals surface area contributed by atoms with Crippen molar-refractivity contribution >= 4 is 11.7 Å². The van der Waals surface area contributed by atoms with Gasteiger partial charge >= 0.3 is 5.97 Å². The summed E-state index contributed by atoms with van der Waals surface area (Å²) in [4.78, 5) is 24.2. The fraction of sp³-hybridized carbons (Fsp3) is 0.533.